The van der Waals surface area contributed by atoms with Gasteiger partial charge >= 0.3 is 0 Å². The molecule has 2 rings (SSSR count). The van der Waals surface area contributed by atoms with Gasteiger partial charge in [-0.15, -0.1) is 0 Å². The quantitative estimate of drug-likeness (QED) is 0.718. The van der Waals surface area contributed by atoms with Gasteiger partial charge in [0.15, 0.2) is 0 Å². The number of rotatable bonds is 4. The van der Waals surface area contributed by atoms with E-state index in [1.54, 1.807) is 12.1 Å². The summed E-state index contributed by atoms with van der Waals surface area (Å²) in [7, 11) is 0. The molecule has 0 bridgehead atoms. The fraction of sp³-hybridized carbons (Fsp3) is 0.350. The Morgan fingerprint density at radius 1 is 1.09 bits per heavy atom. The van der Waals surface area contributed by atoms with E-state index in [1.165, 1.54) is 0 Å². The summed E-state index contributed by atoms with van der Waals surface area (Å²) in [4.78, 5) is 12.5. The molecular weight excluding hydrogens is 306 g/mol. The topological polar surface area (TPSA) is 29.1 Å². The number of para-hydroxylation sites is 1. The maximum Gasteiger partial charge on any atom is 0.257 e. The number of benzene rings is 2. The Morgan fingerprint density at radius 3 is 2.35 bits per heavy atom. The summed E-state index contributed by atoms with van der Waals surface area (Å²) in [5.41, 5.74) is 2.74. The second-order valence-corrected chi connectivity index (χ2v) is 7.59. The summed E-state index contributed by atoms with van der Waals surface area (Å²) in [5.74, 6) is 0.184. The second kappa shape index (κ2) is 7.18. The highest BCUT2D eigenvalue weighted by Gasteiger charge is 2.20. The van der Waals surface area contributed by atoms with Crippen molar-refractivity contribution in [3.05, 3.63) is 64.7 Å². The molecule has 2 aromatic carbocycles. The first-order valence-corrected chi connectivity index (χ1v) is 8.30. The first-order chi connectivity index (χ1) is 10.8. The maximum absolute atomic E-state index is 12.5. The van der Waals surface area contributed by atoms with E-state index < -0.39 is 0 Å². The summed E-state index contributed by atoms with van der Waals surface area (Å²) in [6.45, 7) is 8.89. The Morgan fingerprint density at radius 2 is 1.70 bits per heavy atom. The molecule has 0 aliphatic heterocycles. The van der Waals surface area contributed by atoms with E-state index in [-0.39, 0.29) is 11.3 Å². The van der Waals surface area contributed by atoms with Crippen molar-refractivity contribution in [2.75, 3.05) is 5.32 Å². The molecule has 0 aliphatic carbocycles. The van der Waals surface area contributed by atoms with E-state index in [2.05, 4.69) is 39.1 Å². The highest BCUT2D eigenvalue weighted by Crippen LogP contribution is 2.34. The van der Waals surface area contributed by atoms with Crippen molar-refractivity contribution in [2.45, 2.75) is 40.0 Å². The van der Waals surface area contributed by atoms with Gasteiger partial charge in [0, 0.05) is 5.69 Å². The first kappa shape index (κ1) is 17.6. The molecule has 1 atom stereocenters. The van der Waals surface area contributed by atoms with Gasteiger partial charge in [-0.05, 0) is 41.5 Å². The maximum atomic E-state index is 12.5. The van der Waals surface area contributed by atoms with E-state index in [0.717, 1.165) is 17.7 Å². The van der Waals surface area contributed by atoms with Crippen molar-refractivity contribution >= 4 is 23.2 Å². The molecule has 0 heterocycles. The van der Waals surface area contributed by atoms with Gasteiger partial charge in [-0.3, -0.25) is 4.79 Å². The third kappa shape index (κ3) is 4.84. The van der Waals surface area contributed by atoms with Gasteiger partial charge in [0.25, 0.3) is 5.91 Å². The van der Waals surface area contributed by atoms with Crippen molar-refractivity contribution in [1.29, 1.82) is 0 Å². The van der Waals surface area contributed by atoms with Crippen LogP contribution in [0.5, 0.6) is 0 Å². The smallest absolute Gasteiger partial charge is 0.257 e. The number of hydrogen-bond donors (Lipinski definition) is 1. The number of carbonyl (C=O) groups excluding carboxylic acids is 1. The number of halogens is 1. The molecule has 0 aliphatic rings. The minimum atomic E-state index is -0.175. The van der Waals surface area contributed by atoms with Gasteiger partial charge in [-0.2, -0.15) is 0 Å². The molecule has 3 heteroatoms. The molecule has 1 N–H and O–H groups in total. The highest BCUT2D eigenvalue weighted by molar-refractivity contribution is 6.34. The Hall–Kier alpha value is -1.80. The van der Waals surface area contributed by atoms with Crippen LogP contribution < -0.4 is 5.32 Å². The Kier molecular flexibility index (Phi) is 5.48. The summed E-state index contributed by atoms with van der Waals surface area (Å²) < 4.78 is 0. The van der Waals surface area contributed by atoms with Gasteiger partial charge < -0.3 is 5.32 Å². The van der Waals surface area contributed by atoms with Crippen LogP contribution >= 0.6 is 11.6 Å². The molecule has 1 unspecified atom stereocenters. The zero-order chi connectivity index (χ0) is 17.0. The van der Waals surface area contributed by atoms with Crippen LogP contribution in [0.1, 0.15) is 56.0 Å². The van der Waals surface area contributed by atoms with Crippen LogP contribution in [0.2, 0.25) is 5.02 Å². The number of nitrogens with one attached hydrogen (secondary N) is 1. The zero-order valence-electron chi connectivity index (χ0n) is 14.2. The number of anilines is 1. The average Bonchev–Trinajstić information content (AvgIpc) is 2.46. The standard InChI is InChI=1S/C20H24ClNO/c1-14(13-20(2,3)4)15-9-6-8-12-18(15)22-19(23)16-10-5-7-11-17(16)21/h5-12,14H,13H2,1-4H3,(H,22,23). The third-order valence-electron chi connectivity index (χ3n) is 3.78. The molecule has 0 aromatic heterocycles. The van der Waals surface area contributed by atoms with Crippen molar-refractivity contribution < 1.29 is 4.79 Å². The van der Waals surface area contributed by atoms with Crippen molar-refractivity contribution in [3.8, 4) is 0 Å². The highest BCUT2D eigenvalue weighted by atomic mass is 35.5. The predicted molar refractivity (Wildman–Crippen MR) is 98.3 cm³/mol. The van der Waals surface area contributed by atoms with E-state index in [1.807, 2.05) is 30.3 Å². The average molecular weight is 330 g/mol. The SMILES string of the molecule is CC(CC(C)(C)C)c1ccccc1NC(=O)c1ccccc1Cl. The van der Waals surface area contributed by atoms with Crippen LogP contribution in [0, 0.1) is 5.41 Å². The Bertz CT molecular complexity index is 688. The molecule has 2 aromatic rings. The molecule has 23 heavy (non-hydrogen) atoms. The second-order valence-electron chi connectivity index (χ2n) is 7.19. The van der Waals surface area contributed by atoms with Crippen molar-refractivity contribution in [1.82, 2.24) is 0 Å². The van der Waals surface area contributed by atoms with Crippen LogP contribution in [-0.4, -0.2) is 5.91 Å². The number of hydrogen-bond acceptors (Lipinski definition) is 1. The van der Waals surface area contributed by atoms with Crippen molar-refractivity contribution in [2.24, 2.45) is 5.41 Å². The summed E-state index contributed by atoms with van der Waals surface area (Å²) >= 11 is 6.11. The number of carbonyl (C=O) groups is 1. The van der Waals surface area contributed by atoms with E-state index in [4.69, 9.17) is 11.6 Å². The van der Waals surface area contributed by atoms with Gasteiger partial charge in [-0.1, -0.05) is 69.6 Å². The lowest BCUT2D eigenvalue weighted by Gasteiger charge is -2.25. The van der Waals surface area contributed by atoms with Crippen molar-refractivity contribution in [3.63, 3.8) is 0 Å². The zero-order valence-corrected chi connectivity index (χ0v) is 14.9. The first-order valence-electron chi connectivity index (χ1n) is 7.93. The lowest BCUT2D eigenvalue weighted by atomic mass is 9.82. The predicted octanol–water partition coefficient (Wildman–Crippen LogP) is 6.13. The summed E-state index contributed by atoms with van der Waals surface area (Å²) in [6, 6.07) is 15.1. The van der Waals surface area contributed by atoms with Crippen LogP contribution in [0.4, 0.5) is 5.69 Å². The lowest BCUT2D eigenvalue weighted by molar-refractivity contribution is 0.102. The Labute approximate surface area is 143 Å². The van der Waals surface area contributed by atoms with E-state index in [9.17, 15) is 4.79 Å². The molecule has 0 saturated carbocycles. The van der Waals surface area contributed by atoms with Gasteiger partial charge in [0.2, 0.25) is 0 Å². The Balaban J connectivity index is 2.24. The van der Waals surface area contributed by atoms with Gasteiger partial charge in [0.05, 0.1) is 10.6 Å². The van der Waals surface area contributed by atoms with Crippen LogP contribution in [0.3, 0.4) is 0 Å². The molecule has 0 radical (unpaired) electrons. The van der Waals surface area contributed by atoms with E-state index in [0.29, 0.717) is 16.5 Å². The third-order valence-corrected chi connectivity index (χ3v) is 4.11. The molecular formula is C20H24ClNO. The molecule has 2 nitrogen and oxygen atoms in total. The van der Waals surface area contributed by atoms with Gasteiger partial charge in [0.1, 0.15) is 0 Å². The van der Waals surface area contributed by atoms with Crippen LogP contribution in [0.15, 0.2) is 48.5 Å². The summed E-state index contributed by atoms with van der Waals surface area (Å²) in [5, 5.41) is 3.47. The van der Waals surface area contributed by atoms with Crippen LogP contribution in [0.25, 0.3) is 0 Å². The summed E-state index contributed by atoms with van der Waals surface area (Å²) in [6.07, 6.45) is 1.05. The monoisotopic (exact) mass is 329 g/mol. The fourth-order valence-corrected chi connectivity index (χ4v) is 3.13. The number of amides is 1. The molecule has 0 spiro atoms. The van der Waals surface area contributed by atoms with Gasteiger partial charge in [-0.25, -0.2) is 0 Å². The minimum absolute atomic E-state index is 0.175. The molecule has 0 saturated heterocycles. The largest absolute Gasteiger partial charge is 0.322 e. The minimum Gasteiger partial charge on any atom is -0.322 e. The normalized spacial score (nSPS) is 12.7. The van der Waals surface area contributed by atoms with E-state index >= 15 is 0 Å². The fourth-order valence-electron chi connectivity index (χ4n) is 2.90. The molecule has 1 amide bonds. The molecule has 0 fully saturated rings. The lowest BCUT2D eigenvalue weighted by Crippen LogP contribution is -2.16. The van der Waals surface area contributed by atoms with Crippen LogP contribution in [-0.2, 0) is 0 Å². The molecule has 122 valence electrons.